The van der Waals surface area contributed by atoms with Crippen LogP contribution in [0.1, 0.15) is 98.3 Å². The predicted octanol–water partition coefficient (Wildman–Crippen LogP) is 0.289. The number of hydrogen-bond acceptors (Lipinski definition) is 1. The van der Waals surface area contributed by atoms with E-state index in [1.54, 1.807) is 0 Å². The molecule has 27 heavy (non-hydrogen) atoms. The zero-order valence-corrected chi connectivity index (χ0v) is 20.7. The van der Waals surface area contributed by atoms with Gasteiger partial charge in [-0.15, -0.1) is 0 Å². The van der Waals surface area contributed by atoms with Crippen LogP contribution in [-0.2, 0) is 24.2 Å². The topological polar surface area (TPSA) is 29.1 Å². The van der Waals surface area contributed by atoms with Gasteiger partial charge in [-0.3, -0.25) is 0 Å². The molecule has 0 radical (unpaired) electrons. The summed E-state index contributed by atoms with van der Waals surface area (Å²) in [6, 6.07) is 0. The molecule has 2 nitrogen and oxygen atoms in total. The molecule has 2 rings (SSSR count). The van der Waals surface area contributed by atoms with Crippen molar-refractivity contribution in [3.05, 3.63) is 20.6 Å². The Hall–Kier alpha value is 0.244. The number of hydrogen-bond donors (Lipinski definition) is 1. The van der Waals surface area contributed by atoms with Crippen molar-refractivity contribution in [3.63, 3.8) is 0 Å². The molecule has 0 heterocycles. The normalized spacial score (nSPS) is 22.7. The number of halogens is 2. The first-order valence-corrected chi connectivity index (χ1v) is 12.0. The third-order valence-corrected chi connectivity index (χ3v) is 8.70. The zero-order chi connectivity index (χ0) is 18.2. The molecule has 154 valence electrons. The molecule has 1 N–H and O–H groups in total. The van der Waals surface area contributed by atoms with Crippen LogP contribution in [0.5, 0.6) is 0 Å². The standard InChI is InChI=1S/C13H25NO.C9H13.2ClH.Ti/c14-13(15)12-10-8-6-4-2-1-3-5-7-9-11-12;1-6-5-7(2)9(4)8(6)3;;;/h12H,1-11H2,(H2,14,15);6H,1-4H3;2*1H;/q;;;;+3/p-3. The number of amides is 1. The summed E-state index contributed by atoms with van der Waals surface area (Å²) in [7, 11) is 0. The molecule has 2 aliphatic carbocycles. The smallest absolute Gasteiger partial charge is 1.00 e. The van der Waals surface area contributed by atoms with E-state index >= 15 is 0 Å². The zero-order valence-electron chi connectivity index (χ0n) is 17.6. The van der Waals surface area contributed by atoms with Gasteiger partial charge in [0.2, 0.25) is 0 Å². The van der Waals surface area contributed by atoms with Crippen molar-refractivity contribution in [2.24, 2.45) is 11.8 Å². The number of carbonyl (C=O) groups excluding carboxylic acids is 1. The van der Waals surface area contributed by atoms with E-state index < -0.39 is 19.4 Å². The largest absolute Gasteiger partial charge is 1.00 e. The molecular formula is C22H37Cl2NOTi. The minimum Gasteiger partial charge on any atom is -1.00 e. The molecular weight excluding hydrogens is 413 g/mol. The van der Waals surface area contributed by atoms with E-state index in [1.165, 1.54) is 78.4 Å². The molecule has 0 aromatic heterocycles. The number of allylic oxidation sites excluding steroid dienone is 4. The van der Waals surface area contributed by atoms with E-state index in [9.17, 15) is 4.79 Å². The van der Waals surface area contributed by atoms with Gasteiger partial charge in [-0.05, 0) is 0 Å². The van der Waals surface area contributed by atoms with Crippen LogP contribution in [0.2, 0.25) is 0 Å². The molecule has 0 aromatic rings. The maximum Gasteiger partial charge on any atom is -1.00 e. The molecule has 1 unspecified atom stereocenters. The fourth-order valence-corrected chi connectivity index (χ4v) is 6.21. The minimum absolute atomic E-state index is 0. The Balaban J connectivity index is 0.00000338. The van der Waals surface area contributed by atoms with Gasteiger partial charge < -0.3 is 24.8 Å². The summed E-state index contributed by atoms with van der Waals surface area (Å²) in [6.45, 7) is 9.02. The molecule has 1 saturated carbocycles. The molecule has 1 atom stereocenters. The molecule has 1 amide bonds. The van der Waals surface area contributed by atoms with E-state index in [4.69, 9.17) is 0 Å². The average molecular weight is 450 g/mol. The maximum atomic E-state index is 12.8. The third-order valence-electron chi connectivity index (χ3n) is 6.44. The second-order valence-corrected chi connectivity index (χ2v) is 9.76. The molecule has 0 bridgehead atoms. The Morgan fingerprint density at radius 3 is 1.67 bits per heavy atom. The van der Waals surface area contributed by atoms with E-state index in [2.05, 4.69) is 31.5 Å². The molecule has 5 heteroatoms. The molecule has 0 aliphatic heterocycles. The molecule has 0 spiro atoms. The van der Waals surface area contributed by atoms with Crippen molar-refractivity contribution in [3.8, 4) is 0 Å². The van der Waals surface area contributed by atoms with Crippen molar-refractivity contribution < 1.29 is 49.0 Å². The van der Waals surface area contributed by atoms with Gasteiger partial charge in [0.25, 0.3) is 0 Å². The van der Waals surface area contributed by atoms with Gasteiger partial charge in [0.05, 0.1) is 0 Å². The van der Waals surface area contributed by atoms with Gasteiger partial charge in [-0.25, -0.2) is 0 Å². The van der Waals surface area contributed by atoms with E-state index in [0.29, 0.717) is 11.8 Å². The summed E-state index contributed by atoms with van der Waals surface area (Å²) in [5.41, 5.74) is 4.40. The van der Waals surface area contributed by atoms with Crippen LogP contribution in [0.3, 0.4) is 0 Å². The monoisotopic (exact) mass is 449 g/mol. The van der Waals surface area contributed by atoms with E-state index in [0.717, 1.165) is 12.8 Å². The van der Waals surface area contributed by atoms with Crippen LogP contribution in [0.15, 0.2) is 20.6 Å². The third kappa shape index (κ3) is 8.25. The minimum atomic E-state index is -0.532. The quantitative estimate of drug-likeness (QED) is 0.616. The van der Waals surface area contributed by atoms with Crippen molar-refractivity contribution in [2.45, 2.75) is 98.3 Å². The van der Waals surface area contributed by atoms with Gasteiger partial charge in [0, 0.05) is 0 Å². The van der Waals surface area contributed by atoms with Crippen LogP contribution in [-0.4, -0.2) is 5.91 Å². The molecule has 0 saturated heterocycles. The Kier molecular flexibility index (Phi) is 14.4. The van der Waals surface area contributed by atoms with E-state index in [1.807, 2.05) is 0 Å². The summed E-state index contributed by atoms with van der Waals surface area (Å²) in [5.74, 6) is 1.15. The molecule has 2 aliphatic rings. The number of nitrogens with one attached hydrogen (secondary N) is 1. The van der Waals surface area contributed by atoms with Gasteiger partial charge in [0.15, 0.2) is 0 Å². The second-order valence-electron chi connectivity index (χ2n) is 8.14. The Morgan fingerprint density at radius 1 is 0.815 bits per heavy atom. The van der Waals surface area contributed by atoms with Crippen molar-refractivity contribution in [1.82, 2.24) is 3.80 Å². The first-order chi connectivity index (χ1) is 12.0. The summed E-state index contributed by atoms with van der Waals surface area (Å²) >= 11 is -0.532. The van der Waals surface area contributed by atoms with Crippen LogP contribution in [0.25, 0.3) is 0 Å². The number of carbonyl (C=O) groups is 1. The fraction of sp³-hybridized carbons (Fsp3) is 0.773. The van der Waals surface area contributed by atoms with Gasteiger partial charge in [0.1, 0.15) is 0 Å². The van der Waals surface area contributed by atoms with Crippen molar-refractivity contribution >= 4 is 5.91 Å². The first-order valence-electron chi connectivity index (χ1n) is 10.5. The van der Waals surface area contributed by atoms with Crippen LogP contribution >= 0.6 is 0 Å². The van der Waals surface area contributed by atoms with Crippen molar-refractivity contribution in [1.29, 1.82) is 0 Å². The van der Waals surface area contributed by atoms with Gasteiger partial charge in [-0.2, -0.15) is 0 Å². The summed E-state index contributed by atoms with van der Waals surface area (Å²) < 4.78 is 4.95. The first kappa shape index (κ1) is 27.2. The van der Waals surface area contributed by atoms with E-state index in [-0.39, 0.29) is 30.7 Å². The second kappa shape index (κ2) is 14.3. The fourth-order valence-electron chi connectivity index (χ4n) is 4.22. The van der Waals surface area contributed by atoms with Gasteiger partial charge >= 0.3 is 165 Å². The summed E-state index contributed by atoms with van der Waals surface area (Å²) in [6.07, 6.45) is 14.2. The molecule has 1 fully saturated rings. The Morgan fingerprint density at radius 2 is 1.26 bits per heavy atom. The van der Waals surface area contributed by atoms with Crippen LogP contribution in [0.4, 0.5) is 0 Å². The summed E-state index contributed by atoms with van der Waals surface area (Å²) in [5, 5.41) is 0. The van der Waals surface area contributed by atoms with Gasteiger partial charge in [-0.1, -0.05) is 0 Å². The van der Waals surface area contributed by atoms with Crippen LogP contribution < -0.4 is 28.6 Å². The van der Waals surface area contributed by atoms with Crippen molar-refractivity contribution in [2.75, 3.05) is 0 Å². The summed E-state index contributed by atoms with van der Waals surface area (Å²) in [4.78, 5) is 12.8. The Labute approximate surface area is 188 Å². The predicted molar refractivity (Wildman–Crippen MR) is 103 cm³/mol. The maximum absolute atomic E-state index is 12.8. The Bertz CT molecular complexity index is 518. The molecule has 0 aromatic carbocycles. The number of rotatable bonds is 3. The average Bonchev–Trinajstić information content (AvgIpc) is 2.77. The van der Waals surface area contributed by atoms with Crippen LogP contribution in [0, 0.1) is 11.8 Å². The SMILES string of the molecule is CC1=C(C)C(C)[C]([Ti+2][NH]C(=O)C2CCCCCCCCCCC2)=C1C.[Cl-].[Cl-].